The summed E-state index contributed by atoms with van der Waals surface area (Å²) >= 11 is 0. The monoisotopic (exact) mass is 230 g/mol. The Morgan fingerprint density at radius 3 is 1.75 bits per heavy atom. The molecule has 2 atom stereocenters. The number of rotatable bonds is 5. The highest BCUT2D eigenvalue weighted by molar-refractivity contribution is 5.82. The fourth-order valence-electron chi connectivity index (χ4n) is 1.07. The Morgan fingerprint density at radius 2 is 1.44 bits per heavy atom. The normalized spacial score (nSPS) is 14.7. The van der Waals surface area contributed by atoms with Crippen molar-refractivity contribution < 1.29 is 14.7 Å². The van der Waals surface area contributed by atoms with E-state index in [-0.39, 0.29) is 12.0 Å². The molecule has 16 heavy (non-hydrogen) atoms. The third-order valence-corrected chi connectivity index (χ3v) is 2.58. The minimum Gasteiger partial charge on any atom is -0.480 e. The van der Waals surface area contributed by atoms with E-state index in [1.54, 1.807) is 13.8 Å². The van der Waals surface area contributed by atoms with Crippen molar-refractivity contribution in [1.82, 2.24) is 10.6 Å². The van der Waals surface area contributed by atoms with Gasteiger partial charge >= 0.3 is 12.0 Å². The van der Waals surface area contributed by atoms with Crippen LogP contribution in [0.3, 0.4) is 0 Å². The number of nitrogens with one attached hydrogen (secondary N) is 2. The summed E-state index contributed by atoms with van der Waals surface area (Å²) in [6.45, 7) is 9.37. The van der Waals surface area contributed by atoms with Crippen molar-refractivity contribution in [1.29, 1.82) is 0 Å². The zero-order chi connectivity index (χ0) is 12.9. The summed E-state index contributed by atoms with van der Waals surface area (Å²) in [5, 5.41) is 14.1. The van der Waals surface area contributed by atoms with Gasteiger partial charge in [0.25, 0.3) is 0 Å². The molecule has 0 rings (SSSR count). The van der Waals surface area contributed by atoms with Gasteiger partial charge in [0.2, 0.25) is 0 Å². The second kappa shape index (κ2) is 6.35. The molecule has 0 fully saturated rings. The molecule has 0 aromatic carbocycles. The number of carboxylic acids is 1. The highest BCUT2D eigenvalue weighted by Crippen LogP contribution is 2.03. The van der Waals surface area contributed by atoms with Gasteiger partial charge in [0.15, 0.2) is 0 Å². The van der Waals surface area contributed by atoms with Gasteiger partial charge < -0.3 is 15.7 Å². The lowest BCUT2D eigenvalue weighted by Crippen LogP contribution is -2.51. The second-order valence-electron chi connectivity index (χ2n) is 4.71. The van der Waals surface area contributed by atoms with Gasteiger partial charge in [-0.05, 0) is 18.8 Å². The topological polar surface area (TPSA) is 78.4 Å². The number of aliphatic carboxylic acids is 1. The first kappa shape index (κ1) is 14.7. The molecule has 0 aliphatic rings. The molecule has 1 unspecified atom stereocenters. The Labute approximate surface area is 96.6 Å². The maximum absolute atomic E-state index is 11.5. The van der Waals surface area contributed by atoms with Crippen LogP contribution in [0.1, 0.15) is 34.6 Å². The van der Waals surface area contributed by atoms with E-state index < -0.39 is 18.0 Å². The van der Waals surface area contributed by atoms with Crippen LogP contribution in [-0.4, -0.2) is 29.2 Å². The summed E-state index contributed by atoms with van der Waals surface area (Å²) in [5.41, 5.74) is 0. The molecule has 0 spiro atoms. The van der Waals surface area contributed by atoms with Gasteiger partial charge in [-0.25, -0.2) is 9.59 Å². The van der Waals surface area contributed by atoms with Crippen molar-refractivity contribution in [2.45, 2.75) is 46.7 Å². The second-order valence-corrected chi connectivity index (χ2v) is 4.71. The minimum atomic E-state index is -1.01. The van der Waals surface area contributed by atoms with Crippen LogP contribution in [0.2, 0.25) is 0 Å². The lowest BCUT2D eigenvalue weighted by Gasteiger charge is -2.22. The van der Waals surface area contributed by atoms with Gasteiger partial charge in [0, 0.05) is 6.04 Å². The molecule has 5 nitrogen and oxygen atoms in total. The van der Waals surface area contributed by atoms with E-state index in [0.717, 1.165) is 0 Å². The van der Waals surface area contributed by atoms with Gasteiger partial charge in [-0.15, -0.1) is 0 Å². The first-order valence-corrected chi connectivity index (χ1v) is 5.55. The summed E-state index contributed by atoms with van der Waals surface area (Å²) in [5.74, 6) is -0.840. The van der Waals surface area contributed by atoms with E-state index in [4.69, 9.17) is 5.11 Å². The standard InChI is InChI=1S/C11H22N2O3/c1-6(2)8(5)12-11(16)13-9(7(3)4)10(14)15/h6-9H,1-5H3,(H,14,15)(H2,12,13,16)/t8?,9-/m1/s1. The van der Waals surface area contributed by atoms with E-state index in [0.29, 0.717) is 5.92 Å². The number of carboxylic acid groups (broad SMARTS) is 1. The number of hydrogen-bond acceptors (Lipinski definition) is 2. The van der Waals surface area contributed by atoms with Gasteiger partial charge in [-0.2, -0.15) is 0 Å². The summed E-state index contributed by atoms with van der Waals surface area (Å²) in [4.78, 5) is 22.3. The Morgan fingerprint density at radius 1 is 0.938 bits per heavy atom. The third-order valence-electron chi connectivity index (χ3n) is 2.58. The smallest absolute Gasteiger partial charge is 0.326 e. The highest BCUT2D eigenvalue weighted by Gasteiger charge is 2.24. The maximum atomic E-state index is 11.5. The van der Waals surface area contributed by atoms with Crippen LogP contribution < -0.4 is 10.6 Å². The van der Waals surface area contributed by atoms with Gasteiger partial charge in [0.05, 0.1) is 0 Å². The Bertz CT molecular complexity index is 252. The van der Waals surface area contributed by atoms with Crippen LogP contribution in [0.15, 0.2) is 0 Å². The predicted octanol–water partition coefficient (Wildman–Crippen LogP) is 1.44. The highest BCUT2D eigenvalue weighted by atomic mass is 16.4. The largest absolute Gasteiger partial charge is 0.480 e. The zero-order valence-corrected chi connectivity index (χ0v) is 10.6. The molecule has 0 saturated carbocycles. The number of amides is 2. The lowest BCUT2D eigenvalue weighted by molar-refractivity contribution is -0.140. The third kappa shape index (κ3) is 5.00. The van der Waals surface area contributed by atoms with E-state index in [2.05, 4.69) is 10.6 Å². The van der Waals surface area contributed by atoms with Crippen molar-refractivity contribution in [2.75, 3.05) is 0 Å². The molecule has 94 valence electrons. The fraction of sp³-hybridized carbons (Fsp3) is 0.818. The predicted molar refractivity (Wildman–Crippen MR) is 62.2 cm³/mol. The first-order chi connectivity index (χ1) is 7.25. The maximum Gasteiger partial charge on any atom is 0.326 e. The van der Waals surface area contributed by atoms with Crippen molar-refractivity contribution in [3.8, 4) is 0 Å². The zero-order valence-electron chi connectivity index (χ0n) is 10.6. The van der Waals surface area contributed by atoms with Gasteiger partial charge in [-0.1, -0.05) is 27.7 Å². The van der Waals surface area contributed by atoms with Crippen molar-refractivity contribution in [3.63, 3.8) is 0 Å². The minimum absolute atomic E-state index is 0.0154. The Kier molecular flexibility index (Phi) is 5.85. The van der Waals surface area contributed by atoms with E-state index in [1.165, 1.54) is 0 Å². The van der Waals surface area contributed by atoms with Crippen LogP contribution >= 0.6 is 0 Å². The average molecular weight is 230 g/mol. The average Bonchev–Trinajstić information content (AvgIpc) is 2.12. The first-order valence-electron chi connectivity index (χ1n) is 5.55. The summed E-state index contributed by atoms with van der Waals surface area (Å²) in [7, 11) is 0. The van der Waals surface area contributed by atoms with Crippen LogP contribution in [0.5, 0.6) is 0 Å². The molecular formula is C11H22N2O3. The number of carbonyl (C=O) groups excluding carboxylic acids is 1. The lowest BCUT2D eigenvalue weighted by atomic mass is 10.0. The molecular weight excluding hydrogens is 208 g/mol. The van der Waals surface area contributed by atoms with Crippen molar-refractivity contribution >= 4 is 12.0 Å². The summed E-state index contributed by atoms with van der Waals surface area (Å²) < 4.78 is 0. The van der Waals surface area contributed by atoms with Crippen LogP contribution in [0.4, 0.5) is 4.79 Å². The van der Waals surface area contributed by atoms with Crippen molar-refractivity contribution in [2.24, 2.45) is 11.8 Å². The molecule has 3 N–H and O–H groups in total. The molecule has 5 heteroatoms. The van der Waals surface area contributed by atoms with Gasteiger partial charge in [-0.3, -0.25) is 0 Å². The molecule has 0 aliphatic heterocycles. The quantitative estimate of drug-likeness (QED) is 0.668. The summed E-state index contributed by atoms with van der Waals surface area (Å²) in [6.07, 6.45) is 0. The number of carbonyl (C=O) groups is 2. The van der Waals surface area contributed by atoms with Crippen LogP contribution in [0.25, 0.3) is 0 Å². The Balaban J connectivity index is 4.26. The summed E-state index contributed by atoms with van der Waals surface area (Å²) in [6, 6.07) is -1.26. The molecule has 0 saturated heterocycles. The molecule has 0 radical (unpaired) electrons. The van der Waals surface area contributed by atoms with E-state index >= 15 is 0 Å². The van der Waals surface area contributed by atoms with E-state index in [9.17, 15) is 9.59 Å². The van der Waals surface area contributed by atoms with E-state index in [1.807, 2.05) is 20.8 Å². The molecule has 0 bridgehead atoms. The molecule has 0 aliphatic carbocycles. The number of urea groups is 1. The van der Waals surface area contributed by atoms with Crippen molar-refractivity contribution in [3.05, 3.63) is 0 Å². The Hall–Kier alpha value is -1.26. The molecule has 0 aromatic rings. The van der Waals surface area contributed by atoms with Crippen LogP contribution in [-0.2, 0) is 4.79 Å². The SMILES string of the molecule is CC(C)C(C)NC(=O)N[C@@H](C(=O)O)C(C)C. The fourth-order valence-corrected chi connectivity index (χ4v) is 1.07. The van der Waals surface area contributed by atoms with Gasteiger partial charge in [0.1, 0.15) is 6.04 Å². The molecule has 0 heterocycles. The molecule has 2 amide bonds. The number of hydrogen-bond donors (Lipinski definition) is 3. The van der Waals surface area contributed by atoms with Crippen LogP contribution in [0, 0.1) is 11.8 Å². The molecule has 0 aromatic heterocycles.